The van der Waals surface area contributed by atoms with Gasteiger partial charge in [-0.15, -0.1) is 0 Å². The van der Waals surface area contributed by atoms with Crippen molar-refractivity contribution in [2.75, 3.05) is 34.0 Å². The quantitative estimate of drug-likeness (QED) is 0.473. The van der Waals surface area contributed by atoms with Gasteiger partial charge in [-0.1, -0.05) is 18.2 Å². The molecule has 3 aromatic carbocycles. The van der Waals surface area contributed by atoms with E-state index in [1.807, 2.05) is 0 Å². The van der Waals surface area contributed by atoms with Crippen LogP contribution in [0.5, 0.6) is 5.75 Å². The summed E-state index contributed by atoms with van der Waals surface area (Å²) >= 11 is 0. The normalized spacial score (nSPS) is 14.3. The fourth-order valence-corrected chi connectivity index (χ4v) is 3.87. The van der Waals surface area contributed by atoms with Crippen LogP contribution in [0.25, 0.3) is 0 Å². The maximum atomic E-state index is 13.0. The summed E-state index contributed by atoms with van der Waals surface area (Å²) in [5, 5.41) is 8.33. The van der Waals surface area contributed by atoms with Crippen LogP contribution in [0.1, 0.15) is 23.2 Å². The maximum Gasteiger partial charge on any atom is 0.262 e. The Morgan fingerprint density at radius 2 is 1.69 bits per heavy atom. The number of carbonyl (C=O) groups is 4. The molecule has 0 bridgehead atoms. The van der Waals surface area contributed by atoms with Crippen molar-refractivity contribution >= 4 is 46.4 Å². The first-order valence-corrected chi connectivity index (χ1v) is 11.6. The summed E-state index contributed by atoms with van der Waals surface area (Å²) in [6.45, 7) is -0.294. The lowest BCUT2D eigenvalue weighted by Crippen LogP contribution is -2.42. The van der Waals surface area contributed by atoms with Crippen LogP contribution in [0.2, 0.25) is 0 Å². The SMILES string of the molecule is O=C(COc1cccc(NC(=O)C2CC2)c1)Nc1ccc(C(=O)N2CC(=O)Nc3ccccc32)cc1. The van der Waals surface area contributed by atoms with E-state index in [4.69, 9.17) is 4.74 Å². The van der Waals surface area contributed by atoms with Crippen molar-refractivity contribution in [1.29, 1.82) is 0 Å². The molecule has 5 rings (SSSR count). The summed E-state index contributed by atoms with van der Waals surface area (Å²) in [5.74, 6) is -0.389. The first-order chi connectivity index (χ1) is 17.5. The molecule has 0 unspecified atom stereocenters. The average molecular weight is 485 g/mol. The highest BCUT2D eigenvalue weighted by molar-refractivity contribution is 6.15. The van der Waals surface area contributed by atoms with Crippen LogP contribution in [0.3, 0.4) is 0 Å². The summed E-state index contributed by atoms with van der Waals surface area (Å²) in [7, 11) is 0. The summed E-state index contributed by atoms with van der Waals surface area (Å²) in [5.41, 5.74) is 2.73. The Labute approximate surface area is 207 Å². The number of benzene rings is 3. The van der Waals surface area contributed by atoms with E-state index < -0.39 is 0 Å². The van der Waals surface area contributed by atoms with Gasteiger partial charge in [0.15, 0.2) is 6.61 Å². The molecule has 9 nitrogen and oxygen atoms in total. The third-order valence-electron chi connectivity index (χ3n) is 5.85. The van der Waals surface area contributed by atoms with Gasteiger partial charge in [0.1, 0.15) is 12.3 Å². The van der Waals surface area contributed by atoms with Gasteiger partial charge in [-0.05, 0) is 61.4 Å². The Hall–Kier alpha value is -4.66. The van der Waals surface area contributed by atoms with Gasteiger partial charge in [-0.3, -0.25) is 24.1 Å². The average Bonchev–Trinajstić information content (AvgIpc) is 3.73. The molecular formula is C27H24N4O5. The zero-order valence-electron chi connectivity index (χ0n) is 19.3. The zero-order chi connectivity index (χ0) is 25.1. The Bertz CT molecular complexity index is 1330. The minimum atomic E-state index is -0.372. The van der Waals surface area contributed by atoms with Gasteiger partial charge in [0.05, 0.1) is 11.4 Å². The second-order valence-corrected chi connectivity index (χ2v) is 8.66. The second kappa shape index (κ2) is 9.91. The van der Waals surface area contributed by atoms with E-state index in [-0.39, 0.29) is 42.7 Å². The van der Waals surface area contributed by atoms with Crippen molar-refractivity contribution < 1.29 is 23.9 Å². The minimum Gasteiger partial charge on any atom is -0.484 e. The number of hydrogen-bond donors (Lipinski definition) is 3. The topological polar surface area (TPSA) is 117 Å². The predicted octanol–water partition coefficient (Wildman–Crippen LogP) is 3.65. The van der Waals surface area contributed by atoms with Crippen LogP contribution in [-0.4, -0.2) is 36.8 Å². The van der Waals surface area contributed by atoms with Crippen molar-refractivity contribution in [2.24, 2.45) is 5.92 Å². The molecule has 9 heteroatoms. The highest BCUT2D eigenvalue weighted by atomic mass is 16.5. The highest BCUT2D eigenvalue weighted by Gasteiger charge is 2.29. The highest BCUT2D eigenvalue weighted by Crippen LogP contribution is 2.31. The van der Waals surface area contributed by atoms with Crippen molar-refractivity contribution in [3.63, 3.8) is 0 Å². The molecule has 3 N–H and O–H groups in total. The van der Waals surface area contributed by atoms with Gasteiger partial charge < -0.3 is 20.7 Å². The van der Waals surface area contributed by atoms with Crippen LogP contribution < -0.4 is 25.6 Å². The molecule has 3 aromatic rings. The number of nitrogens with zero attached hydrogens (tertiary/aromatic N) is 1. The van der Waals surface area contributed by atoms with E-state index >= 15 is 0 Å². The second-order valence-electron chi connectivity index (χ2n) is 8.66. The van der Waals surface area contributed by atoms with Crippen LogP contribution >= 0.6 is 0 Å². The first kappa shape index (κ1) is 23.1. The maximum absolute atomic E-state index is 13.0. The minimum absolute atomic E-state index is 0.000386. The zero-order valence-corrected chi connectivity index (χ0v) is 19.3. The molecule has 0 aromatic heterocycles. The monoisotopic (exact) mass is 484 g/mol. The molecule has 2 aliphatic rings. The fourth-order valence-electron chi connectivity index (χ4n) is 3.87. The summed E-state index contributed by atoms with van der Waals surface area (Å²) in [4.78, 5) is 50.8. The molecule has 1 aliphatic carbocycles. The summed E-state index contributed by atoms with van der Waals surface area (Å²) in [6, 6.07) is 20.4. The van der Waals surface area contributed by atoms with Gasteiger partial charge in [-0.25, -0.2) is 0 Å². The number of hydrogen-bond acceptors (Lipinski definition) is 5. The summed E-state index contributed by atoms with van der Waals surface area (Å²) < 4.78 is 5.56. The molecule has 0 atom stereocenters. The summed E-state index contributed by atoms with van der Waals surface area (Å²) in [6.07, 6.45) is 1.83. The third-order valence-corrected chi connectivity index (χ3v) is 5.85. The van der Waals surface area contributed by atoms with Gasteiger partial charge in [0.25, 0.3) is 11.8 Å². The van der Waals surface area contributed by atoms with E-state index in [0.29, 0.717) is 34.1 Å². The molecular weight excluding hydrogens is 460 g/mol. The van der Waals surface area contributed by atoms with Gasteiger partial charge in [0.2, 0.25) is 11.8 Å². The van der Waals surface area contributed by atoms with Crippen LogP contribution in [0.15, 0.2) is 72.8 Å². The number of amides is 4. The molecule has 0 radical (unpaired) electrons. The first-order valence-electron chi connectivity index (χ1n) is 11.6. The number of nitrogens with one attached hydrogen (secondary N) is 3. The smallest absolute Gasteiger partial charge is 0.262 e. The van der Waals surface area contributed by atoms with E-state index in [1.165, 1.54) is 4.90 Å². The molecule has 36 heavy (non-hydrogen) atoms. The molecule has 0 saturated heterocycles. The molecule has 1 saturated carbocycles. The van der Waals surface area contributed by atoms with Crippen molar-refractivity contribution in [1.82, 2.24) is 0 Å². The van der Waals surface area contributed by atoms with Crippen LogP contribution in [0, 0.1) is 5.92 Å². The lowest BCUT2D eigenvalue weighted by atomic mass is 10.1. The Balaban J connectivity index is 1.16. The molecule has 1 fully saturated rings. The number of para-hydroxylation sites is 2. The lowest BCUT2D eigenvalue weighted by Gasteiger charge is -2.29. The number of ether oxygens (including phenoxy) is 1. The van der Waals surface area contributed by atoms with E-state index in [1.54, 1.807) is 72.8 Å². The number of rotatable bonds is 7. The van der Waals surface area contributed by atoms with Crippen molar-refractivity contribution in [3.05, 3.63) is 78.4 Å². The standard InChI is InChI=1S/C27H24N4O5/c32-24-15-31(23-7-2-1-6-22(23)30-24)27(35)18-10-12-19(13-11-18)28-25(33)16-36-21-5-3-4-20(14-21)29-26(34)17-8-9-17/h1-7,10-14,17H,8-9,15-16H2,(H,28,33)(H,29,34)(H,30,32). The number of fused-ring (bicyclic) bond motifs is 1. The lowest BCUT2D eigenvalue weighted by molar-refractivity contribution is -0.118. The molecule has 1 heterocycles. The van der Waals surface area contributed by atoms with Crippen molar-refractivity contribution in [3.8, 4) is 5.75 Å². The third kappa shape index (κ3) is 5.35. The van der Waals surface area contributed by atoms with Gasteiger partial charge in [-0.2, -0.15) is 0 Å². The molecule has 1 aliphatic heterocycles. The molecule has 4 amide bonds. The Morgan fingerprint density at radius 3 is 2.47 bits per heavy atom. The molecule has 0 spiro atoms. The fraction of sp³-hybridized carbons (Fsp3) is 0.185. The van der Waals surface area contributed by atoms with Gasteiger partial charge in [0, 0.05) is 28.9 Å². The number of anilines is 4. The Kier molecular flexibility index (Phi) is 6.36. The van der Waals surface area contributed by atoms with Gasteiger partial charge >= 0.3 is 0 Å². The number of carbonyl (C=O) groups excluding carboxylic acids is 4. The van der Waals surface area contributed by atoms with Crippen LogP contribution in [0.4, 0.5) is 22.7 Å². The molecule has 182 valence electrons. The van der Waals surface area contributed by atoms with E-state index in [0.717, 1.165) is 12.8 Å². The van der Waals surface area contributed by atoms with Crippen molar-refractivity contribution in [2.45, 2.75) is 12.8 Å². The predicted molar refractivity (Wildman–Crippen MR) is 135 cm³/mol. The van der Waals surface area contributed by atoms with E-state index in [9.17, 15) is 19.2 Å². The van der Waals surface area contributed by atoms with E-state index in [2.05, 4.69) is 16.0 Å². The van der Waals surface area contributed by atoms with Crippen LogP contribution in [-0.2, 0) is 14.4 Å². The largest absolute Gasteiger partial charge is 0.484 e. The Morgan fingerprint density at radius 1 is 0.917 bits per heavy atom.